The molecule has 0 aromatic carbocycles. The van der Waals surface area contributed by atoms with Crippen LogP contribution in [0.25, 0.3) is 0 Å². The van der Waals surface area contributed by atoms with E-state index in [4.69, 9.17) is 9.84 Å². The van der Waals surface area contributed by atoms with Gasteiger partial charge in [0.05, 0.1) is 19.1 Å². The van der Waals surface area contributed by atoms with Gasteiger partial charge in [0.15, 0.2) is 0 Å². The number of carboxylic acid groups (broad SMARTS) is 1. The van der Waals surface area contributed by atoms with Crippen LogP contribution in [-0.2, 0) is 9.53 Å². The van der Waals surface area contributed by atoms with Crippen LogP contribution >= 0.6 is 0 Å². The van der Waals surface area contributed by atoms with Gasteiger partial charge in [0.1, 0.15) is 0 Å². The summed E-state index contributed by atoms with van der Waals surface area (Å²) in [5, 5.41) is 8.98. The van der Waals surface area contributed by atoms with Crippen molar-refractivity contribution in [2.75, 3.05) is 39.4 Å². The van der Waals surface area contributed by atoms with E-state index in [1.165, 1.54) is 0 Å². The first-order valence-corrected chi connectivity index (χ1v) is 6.03. The summed E-state index contributed by atoms with van der Waals surface area (Å²) in [6, 6.07) is -0.0424. The topological polar surface area (TPSA) is 70.1 Å². The highest BCUT2D eigenvalue weighted by Crippen LogP contribution is 2.18. The Morgan fingerprint density at radius 1 is 1.12 bits per heavy atom. The minimum atomic E-state index is -0.801. The van der Waals surface area contributed by atoms with Crippen molar-refractivity contribution >= 4 is 12.0 Å². The number of likely N-dealkylation sites (tertiary alicyclic amines) is 1. The quantitative estimate of drug-likeness (QED) is 0.715. The molecule has 96 valence electrons. The second-order valence-electron chi connectivity index (χ2n) is 4.51. The molecule has 0 bridgehead atoms. The SMILES string of the molecule is O=C(O)C1CCCN(C(=O)N2CCOCC2)C1. The zero-order valence-corrected chi connectivity index (χ0v) is 9.80. The van der Waals surface area contributed by atoms with Gasteiger partial charge in [-0.25, -0.2) is 4.79 Å². The zero-order chi connectivity index (χ0) is 12.3. The van der Waals surface area contributed by atoms with Crippen LogP contribution in [0.3, 0.4) is 0 Å². The number of carbonyl (C=O) groups excluding carboxylic acids is 1. The van der Waals surface area contributed by atoms with Crippen LogP contribution in [0.15, 0.2) is 0 Å². The summed E-state index contributed by atoms with van der Waals surface area (Å²) >= 11 is 0. The van der Waals surface area contributed by atoms with E-state index in [0.29, 0.717) is 45.8 Å². The third-order valence-corrected chi connectivity index (χ3v) is 3.32. The maximum Gasteiger partial charge on any atom is 0.320 e. The van der Waals surface area contributed by atoms with Crippen LogP contribution in [0.2, 0.25) is 0 Å². The van der Waals surface area contributed by atoms with Crippen LogP contribution in [0, 0.1) is 5.92 Å². The molecule has 2 aliphatic rings. The van der Waals surface area contributed by atoms with Gasteiger partial charge in [0, 0.05) is 26.2 Å². The third-order valence-electron chi connectivity index (χ3n) is 3.32. The predicted molar refractivity (Wildman–Crippen MR) is 59.7 cm³/mol. The van der Waals surface area contributed by atoms with Gasteiger partial charge in [-0.1, -0.05) is 0 Å². The van der Waals surface area contributed by atoms with E-state index < -0.39 is 11.9 Å². The highest BCUT2D eigenvalue weighted by molar-refractivity contribution is 5.76. The Morgan fingerprint density at radius 2 is 1.82 bits per heavy atom. The molecule has 2 heterocycles. The van der Waals surface area contributed by atoms with Crippen molar-refractivity contribution < 1.29 is 19.4 Å². The fourth-order valence-corrected chi connectivity index (χ4v) is 2.31. The Kier molecular flexibility index (Phi) is 3.83. The van der Waals surface area contributed by atoms with Gasteiger partial charge in [0.2, 0.25) is 0 Å². The standard InChI is InChI=1S/C11H18N2O4/c14-10(15)9-2-1-3-13(8-9)11(16)12-4-6-17-7-5-12/h9H,1-8H2,(H,14,15). The number of urea groups is 1. The van der Waals surface area contributed by atoms with Crippen LogP contribution in [0.5, 0.6) is 0 Å². The normalized spacial score (nSPS) is 25.8. The molecule has 0 spiro atoms. The molecule has 2 amide bonds. The molecular formula is C11H18N2O4. The molecule has 0 aromatic rings. The molecule has 6 heteroatoms. The lowest BCUT2D eigenvalue weighted by Gasteiger charge is -2.36. The van der Waals surface area contributed by atoms with Crippen LogP contribution < -0.4 is 0 Å². The molecule has 6 nitrogen and oxygen atoms in total. The number of carboxylic acids is 1. The first-order chi connectivity index (χ1) is 8.18. The molecule has 17 heavy (non-hydrogen) atoms. The number of rotatable bonds is 1. The third kappa shape index (κ3) is 2.88. The fourth-order valence-electron chi connectivity index (χ4n) is 2.31. The van der Waals surface area contributed by atoms with Crippen molar-refractivity contribution in [2.24, 2.45) is 5.92 Å². The number of morpholine rings is 1. The summed E-state index contributed by atoms with van der Waals surface area (Å²) in [5.41, 5.74) is 0. The van der Waals surface area contributed by atoms with Crippen molar-refractivity contribution in [3.05, 3.63) is 0 Å². The molecule has 2 aliphatic heterocycles. The Balaban J connectivity index is 1.91. The summed E-state index contributed by atoms with van der Waals surface area (Å²) in [7, 11) is 0. The second kappa shape index (κ2) is 5.35. The first kappa shape index (κ1) is 12.2. The van der Waals surface area contributed by atoms with E-state index in [0.717, 1.165) is 6.42 Å². The van der Waals surface area contributed by atoms with Crippen LogP contribution in [0.4, 0.5) is 4.79 Å². The molecule has 2 fully saturated rings. The maximum absolute atomic E-state index is 12.1. The fraction of sp³-hybridized carbons (Fsp3) is 0.818. The van der Waals surface area contributed by atoms with Crippen molar-refractivity contribution in [2.45, 2.75) is 12.8 Å². The van der Waals surface area contributed by atoms with Gasteiger partial charge in [-0.15, -0.1) is 0 Å². The molecule has 1 unspecified atom stereocenters. The van der Waals surface area contributed by atoms with Crippen molar-refractivity contribution in [3.63, 3.8) is 0 Å². The number of carbonyl (C=O) groups is 2. The number of piperidine rings is 1. The molecular weight excluding hydrogens is 224 g/mol. The lowest BCUT2D eigenvalue weighted by Crippen LogP contribution is -2.51. The smallest absolute Gasteiger partial charge is 0.320 e. The van der Waals surface area contributed by atoms with E-state index in [9.17, 15) is 9.59 Å². The number of ether oxygens (including phenoxy) is 1. The Morgan fingerprint density at radius 3 is 2.47 bits per heavy atom. The number of nitrogens with zero attached hydrogens (tertiary/aromatic N) is 2. The molecule has 0 saturated carbocycles. The minimum Gasteiger partial charge on any atom is -0.481 e. The van der Waals surface area contributed by atoms with Crippen LogP contribution in [-0.4, -0.2) is 66.3 Å². The molecule has 2 saturated heterocycles. The lowest BCUT2D eigenvalue weighted by molar-refractivity contribution is -0.143. The average molecular weight is 242 g/mol. The van der Waals surface area contributed by atoms with E-state index >= 15 is 0 Å². The molecule has 1 N–H and O–H groups in total. The molecule has 2 rings (SSSR count). The maximum atomic E-state index is 12.1. The van der Waals surface area contributed by atoms with Gasteiger partial charge in [-0.3, -0.25) is 4.79 Å². The minimum absolute atomic E-state index is 0.0424. The number of aliphatic carboxylic acids is 1. The molecule has 0 aliphatic carbocycles. The largest absolute Gasteiger partial charge is 0.481 e. The van der Waals surface area contributed by atoms with Crippen molar-refractivity contribution in [1.29, 1.82) is 0 Å². The van der Waals surface area contributed by atoms with Crippen molar-refractivity contribution in [3.8, 4) is 0 Å². The summed E-state index contributed by atoms with van der Waals surface area (Å²) in [5.74, 6) is -1.21. The predicted octanol–water partition coefficient (Wildman–Crippen LogP) is 0.235. The Bertz CT molecular complexity index is 302. The highest BCUT2D eigenvalue weighted by Gasteiger charge is 2.30. The number of amides is 2. The first-order valence-electron chi connectivity index (χ1n) is 6.03. The second-order valence-corrected chi connectivity index (χ2v) is 4.51. The Hall–Kier alpha value is -1.30. The van der Waals surface area contributed by atoms with E-state index in [1.807, 2.05) is 0 Å². The average Bonchev–Trinajstić information content (AvgIpc) is 2.39. The lowest BCUT2D eigenvalue weighted by atomic mass is 9.98. The zero-order valence-electron chi connectivity index (χ0n) is 9.80. The molecule has 0 radical (unpaired) electrons. The van der Waals surface area contributed by atoms with Crippen LogP contribution in [0.1, 0.15) is 12.8 Å². The molecule has 1 atom stereocenters. The van der Waals surface area contributed by atoms with Gasteiger partial charge in [-0.05, 0) is 12.8 Å². The van der Waals surface area contributed by atoms with E-state index in [-0.39, 0.29) is 6.03 Å². The van der Waals surface area contributed by atoms with Gasteiger partial charge < -0.3 is 19.6 Å². The summed E-state index contributed by atoms with van der Waals surface area (Å²) < 4.78 is 5.19. The van der Waals surface area contributed by atoms with Gasteiger partial charge in [0.25, 0.3) is 0 Å². The number of hydrogen-bond acceptors (Lipinski definition) is 3. The van der Waals surface area contributed by atoms with Gasteiger partial charge >= 0.3 is 12.0 Å². The highest BCUT2D eigenvalue weighted by atomic mass is 16.5. The monoisotopic (exact) mass is 242 g/mol. The van der Waals surface area contributed by atoms with Gasteiger partial charge in [-0.2, -0.15) is 0 Å². The van der Waals surface area contributed by atoms with Crippen molar-refractivity contribution in [1.82, 2.24) is 9.80 Å². The number of hydrogen-bond donors (Lipinski definition) is 1. The Labute approximate surface area is 100 Å². The van der Waals surface area contributed by atoms with E-state index in [2.05, 4.69) is 0 Å². The van der Waals surface area contributed by atoms with E-state index in [1.54, 1.807) is 9.80 Å². The summed E-state index contributed by atoms with van der Waals surface area (Å²) in [6.07, 6.45) is 1.44. The summed E-state index contributed by atoms with van der Waals surface area (Å²) in [6.45, 7) is 3.36. The molecule has 0 aromatic heterocycles. The summed E-state index contributed by atoms with van der Waals surface area (Å²) in [4.78, 5) is 26.5.